The van der Waals surface area contributed by atoms with Crippen LogP contribution in [0.4, 0.5) is 0 Å². The highest BCUT2D eigenvalue weighted by Gasteiger charge is 2.47. The molecule has 1 heterocycles. The van der Waals surface area contributed by atoms with E-state index in [1.165, 1.54) is 6.26 Å². The summed E-state index contributed by atoms with van der Waals surface area (Å²) in [5.74, 6) is 0.921. The van der Waals surface area contributed by atoms with Gasteiger partial charge in [-0.25, -0.2) is 4.98 Å². The number of ether oxygens (including phenoxy) is 1. The second-order valence-corrected chi connectivity index (χ2v) is 9.71. The molecule has 35 heavy (non-hydrogen) atoms. The Kier molecular flexibility index (Phi) is 7.89. The third-order valence-corrected chi connectivity index (χ3v) is 6.35. The maximum atomic E-state index is 10.9. The van der Waals surface area contributed by atoms with E-state index in [1.54, 1.807) is 0 Å². The number of nitrogens with one attached hydrogen (secondary N) is 1. The Hall–Kier alpha value is -3.75. The van der Waals surface area contributed by atoms with E-state index in [2.05, 4.69) is 43.9 Å². The maximum absolute atomic E-state index is 10.9. The second-order valence-electron chi connectivity index (χ2n) is 9.71. The zero-order chi connectivity index (χ0) is 25.6. The smallest absolute Gasteiger partial charge is 0.212 e. The van der Waals surface area contributed by atoms with E-state index in [0.29, 0.717) is 36.6 Å². The molecule has 2 aromatic rings. The molecule has 0 saturated carbocycles. The zero-order valence-electron chi connectivity index (χ0n) is 20.7. The first-order valence-corrected chi connectivity index (χ1v) is 11.6. The van der Waals surface area contributed by atoms with Crippen molar-refractivity contribution >= 4 is 13.0 Å². The number of allylic oxidation sites excluding steroid dienone is 1. The summed E-state index contributed by atoms with van der Waals surface area (Å²) in [5.41, 5.74) is 2.25. The Labute approximate surface area is 206 Å². The fourth-order valence-electron chi connectivity index (χ4n) is 4.63. The Morgan fingerprint density at radius 1 is 1.43 bits per heavy atom. The molecule has 0 fully saturated rings. The van der Waals surface area contributed by atoms with Crippen LogP contribution < -0.4 is 5.32 Å². The lowest BCUT2D eigenvalue weighted by molar-refractivity contribution is -0.107. The molecule has 2 atom stereocenters. The first-order valence-electron chi connectivity index (χ1n) is 11.6. The van der Waals surface area contributed by atoms with Crippen LogP contribution in [-0.4, -0.2) is 25.0 Å². The predicted octanol–water partition coefficient (Wildman–Crippen LogP) is 4.45. The van der Waals surface area contributed by atoms with Crippen LogP contribution in [0, 0.1) is 28.1 Å². The van der Waals surface area contributed by atoms with E-state index >= 15 is 0 Å². The van der Waals surface area contributed by atoms with E-state index in [1.807, 2.05) is 31.3 Å². The lowest BCUT2D eigenvalue weighted by Crippen LogP contribution is -2.30. The molecule has 1 aliphatic rings. The van der Waals surface area contributed by atoms with Gasteiger partial charge in [-0.3, -0.25) is 4.99 Å². The van der Waals surface area contributed by atoms with Crippen LogP contribution in [-0.2, 0) is 34.4 Å². The van der Waals surface area contributed by atoms with Crippen LogP contribution in [0.2, 0.25) is 0 Å². The number of benzene rings is 1. The molecule has 0 amide bonds. The van der Waals surface area contributed by atoms with Gasteiger partial charge in [0.25, 0.3) is 0 Å². The first-order chi connectivity index (χ1) is 16.7. The van der Waals surface area contributed by atoms with Crippen LogP contribution in [0.5, 0.6) is 0 Å². The van der Waals surface area contributed by atoms with E-state index in [0.717, 1.165) is 29.4 Å². The van der Waals surface area contributed by atoms with Gasteiger partial charge in [0.2, 0.25) is 5.89 Å². The van der Waals surface area contributed by atoms with Gasteiger partial charge >= 0.3 is 0 Å². The highest BCUT2D eigenvalue weighted by Crippen LogP contribution is 2.47. The summed E-state index contributed by atoms with van der Waals surface area (Å²) in [6, 6.07) is 10.3. The number of aliphatic imine (C=N–C) groups is 1. The van der Waals surface area contributed by atoms with Gasteiger partial charge in [0, 0.05) is 6.42 Å². The summed E-state index contributed by atoms with van der Waals surface area (Å²) in [4.78, 5) is 19.3. The van der Waals surface area contributed by atoms with Gasteiger partial charge < -0.3 is 19.3 Å². The Bertz CT molecular complexity index is 1210. The van der Waals surface area contributed by atoms with Crippen molar-refractivity contribution in [2.45, 2.75) is 64.5 Å². The SMILES string of the molecule is C=N/C(C#N)=C\OCc1nc([C@@H](NC)C(C)(C)C)oc1[C@@]1(C#N)CCc2ccc(CCC=O)cc21. The fourth-order valence-corrected chi connectivity index (χ4v) is 4.63. The van der Waals surface area contributed by atoms with Gasteiger partial charge in [-0.2, -0.15) is 10.5 Å². The molecular formula is C27H31N5O3. The molecule has 0 saturated heterocycles. The quantitative estimate of drug-likeness (QED) is 0.234. The number of hydrogen-bond donors (Lipinski definition) is 1. The lowest BCUT2D eigenvalue weighted by Gasteiger charge is -2.27. The van der Waals surface area contributed by atoms with Gasteiger partial charge in [0.05, 0.1) is 12.1 Å². The van der Waals surface area contributed by atoms with Crippen LogP contribution in [0.1, 0.15) is 73.7 Å². The number of carbonyl (C=O) groups excluding carboxylic acids is 1. The molecule has 1 aliphatic carbocycles. The molecule has 8 nitrogen and oxygen atoms in total. The van der Waals surface area contributed by atoms with Crippen molar-refractivity contribution in [2.75, 3.05) is 7.05 Å². The van der Waals surface area contributed by atoms with Crippen molar-refractivity contribution < 1.29 is 13.9 Å². The van der Waals surface area contributed by atoms with Gasteiger partial charge in [-0.05, 0) is 55.1 Å². The van der Waals surface area contributed by atoms with Crippen molar-refractivity contribution in [3.05, 3.63) is 64.2 Å². The third kappa shape index (κ3) is 5.18. The Balaban J connectivity index is 2.14. The number of hydrogen-bond acceptors (Lipinski definition) is 8. The van der Waals surface area contributed by atoms with E-state index in [9.17, 15) is 10.1 Å². The fraction of sp³-hybridized carbons (Fsp3) is 0.444. The van der Waals surface area contributed by atoms with Crippen molar-refractivity contribution in [1.29, 1.82) is 10.5 Å². The van der Waals surface area contributed by atoms with Crippen molar-refractivity contribution in [3.63, 3.8) is 0 Å². The number of rotatable bonds is 10. The highest BCUT2D eigenvalue weighted by molar-refractivity contribution is 5.54. The van der Waals surface area contributed by atoms with E-state index in [-0.39, 0.29) is 23.8 Å². The summed E-state index contributed by atoms with van der Waals surface area (Å²) in [5, 5.41) is 22.9. The van der Waals surface area contributed by atoms with E-state index < -0.39 is 5.41 Å². The minimum Gasteiger partial charge on any atom is -0.492 e. The second kappa shape index (κ2) is 10.7. The lowest BCUT2D eigenvalue weighted by atomic mass is 9.79. The molecule has 182 valence electrons. The molecule has 1 aromatic heterocycles. The van der Waals surface area contributed by atoms with Gasteiger partial charge in [0.15, 0.2) is 11.5 Å². The maximum Gasteiger partial charge on any atom is 0.212 e. The summed E-state index contributed by atoms with van der Waals surface area (Å²) < 4.78 is 12.0. The van der Waals surface area contributed by atoms with Crippen LogP contribution in [0.15, 0.2) is 39.6 Å². The minimum absolute atomic E-state index is 0.00368. The van der Waals surface area contributed by atoms with E-state index in [4.69, 9.17) is 19.4 Å². The molecule has 1 N–H and O–H groups in total. The van der Waals surface area contributed by atoms with Gasteiger partial charge in [0.1, 0.15) is 36.3 Å². The summed E-state index contributed by atoms with van der Waals surface area (Å²) in [6.45, 7) is 9.60. The molecule has 1 aromatic carbocycles. The zero-order valence-corrected chi connectivity index (χ0v) is 20.7. The van der Waals surface area contributed by atoms with Gasteiger partial charge in [-0.1, -0.05) is 39.0 Å². The number of oxazole rings is 1. The largest absolute Gasteiger partial charge is 0.492 e. The number of aromatic nitrogens is 1. The third-order valence-electron chi connectivity index (χ3n) is 6.35. The van der Waals surface area contributed by atoms with Crippen LogP contribution >= 0.6 is 0 Å². The first kappa shape index (κ1) is 25.9. The summed E-state index contributed by atoms with van der Waals surface area (Å²) >= 11 is 0. The summed E-state index contributed by atoms with van der Waals surface area (Å²) in [6.07, 6.45) is 4.42. The number of nitrogens with zero attached hydrogens (tertiary/aromatic N) is 4. The summed E-state index contributed by atoms with van der Waals surface area (Å²) in [7, 11) is 1.85. The Morgan fingerprint density at radius 3 is 2.80 bits per heavy atom. The molecule has 0 spiro atoms. The monoisotopic (exact) mass is 473 g/mol. The Morgan fingerprint density at radius 2 is 2.20 bits per heavy atom. The molecule has 0 radical (unpaired) electrons. The number of carbonyl (C=O) groups is 1. The molecule has 3 rings (SSSR count). The number of nitriles is 2. The molecule has 0 aliphatic heterocycles. The predicted molar refractivity (Wildman–Crippen MR) is 131 cm³/mol. The normalized spacial score (nSPS) is 18.3. The number of aryl methyl sites for hydroxylation is 2. The number of fused-ring (bicyclic) bond motifs is 1. The topological polar surface area (TPSA) is 124 Å². The average Bonchev–Trinajstić information content (AvgIpc) is 3.42. The molecule has 8 heteroatoms. The van der Waals surface area contributed by atoms with Crippen LogP contribution in [0.25, 0.3) is 0 Å². The average molecular weight is 474 g/mol. The van der Waals surface area contributed by atoms with Crippen molar-refractivity contribution in [2.24, 2.45) is 10.4 Å². The molecule has 0 unspecified atom stereocenters. The minimum atomic E-state index is -1.04. The van der Waals surface area contributed by atoms with Crippen LogP contribution in [0.3, 0.4) is 0 Å². The van der Waals surface area contributed by atoms with Gasteiger partial charge in [-0.15, -0.1) is 0 Å². The molecule has 0 bridgehead atoms. The number of aldehydes is 1. The van der Waals surface area contributed by atoms with Crippen molar-refractivity contribution in [3.8, 4) is 12.1 Å². The van der Waals surface area contributed by atoms with Crippen molar-refractivity contribution in [1.82, 2.24) is 10.3 Å². The highest BCUT2D eigenvalue weighted by atomic mass is 16.5. The molecular weight excluding hydrogens is 442 g/mol. The standard InChI is InChI=1S/C27H31N5O3/c1-26(2,3)23(31-5)25-32-22(16-34-15-20(14-28)30-4)24(35-25)27(17-29)11-10-19-9-8-18(7-6-12-33)13-21(19)27/h8-9,12-13,15,23,31H,4,6-7,10-11,16H2,1-3,5H3/b20-15-/t23-,27-/m1/s1.